The molecule has 5 rings (SSSR count). The average Bonchev–Trinajstić information content (AvgIpc) is 2.84. The molecule has 0 aliphatic carbocycles. The molecule has 0 radical (unpaired) electrons. The van der Waals surface area contributed by atoms with Crippen molar-refractivity contribution in [2.75, 3.05) is 4.90 Å². The van der Waals surface area contributed by atoms with Crippen molar-refractivity contribution in [3.8, 4) is 0 Å². The van der Waals surface area contributed by atoms with E-state index in [9.17, 15) is 8.78 Å². The van der Waals surface area contributed by atoms with Crippen LogP contribution in [0.1, 0.15) is 17.3 Å². The number of hydrogen-bond donors (Lipinski definition) is 0. The minimum Gasteiger partial charge on any atom is -0.313 e. The molecule has 0 saturated heterocycles. The highest BCUT2D eigenvalue weighted by Gasteiger charge is 2.33. The Kier molecular flexibility index (Phi) is 5.04. The number of rotatable bonds is 4. The summed E-state index contributed by atoms with van der Waals surface area (Å²) in [4.78, 5) is 6.65. The van der Waals surface area contributed by atoms with E-state index in [1.54, 1.807) is 4.90 Å². The van der Waals surface area contributed by atoms with E-state index in [-0.39, 0.29) is 5.70 Å². The van der Waals surface area contributed by atoms with Gasteiger partial charge in [-0.15, -0.1) is 0 Å². The normalized spacial score (nSPS) is 16.4. The highest BCUT2D eigenvalue weighted by Crippen LogP contribution is 2.40. The maximum Gasteiger partial charge on any atom is 0.278 e. The van der Waals surface area contributed by atoms with Crippen LogP contribution in [0.4, 0.5) is 14.5 Å². The molecule has 0 N–H and O–H groups in total. The molecule has 0 aromatic heterocycles. The monoisotopic (exact) mass is 410 g/mol. The number of hydrogen-bond acceptors (Lipinski definition) is 2. The number of benzene rings is 4. The van der Waals surface area contributed by atoms with Gasteiger partial charge in [0.15, 0.2) is 6.17 Å². The predicted octanol–water partition coefficient (Wildman–Crippen LogP) is 7.00. The summed E-state index contributed by atoms with van der Waals surface area (Å²) in [6.45, 7) is 0. The van der Waals surface area contributed by atoms with Gasteiger partial charge < -0.3 is 4.90 Å². The van der Waals surface area contributed by atoms with E-state index < -0.39 is 12.6 Å². The lowest BCUT2D eigenvalue weighted by molar-refractivity contribution is 0.183. The molecule has 0 saturated carbocycles. The van der Waals surface area contributed by atoms with Gasteiger partial charge in [0.05, 0.1) is 11.4 Å². The van der Waals surface area contributed by atoms with Crippen molar-refractivity contribution >= 4 is 22.2 Å². The number of fused-ring (bicyclic) bond motifs is 1. The molecule has 0 amide bonds. The second kappa shape index (κ2) is 8.15. The zero-order valence-corrected chi connectivity index (χ0v) is 16.7. The van der Waals surface area contributed by atoms with Gasteiger partial charge in [-0.25, -0.2) is 8.78 Å². The molecule has 0 fully saturated rings. The summed E-state index contributed by atoms with van der Waals surface area (Å²) in [5.41, 5.74) is 2.89. The second-order valence-electron chi connectivity index (χ2n) is 7.40. The van der Waals surface area contributed by atoms with E-state index >= 15 is 0 Å². The highest BCUT2D eigenvalue weighted by molar-refractivity contribution is 6.10. The summed E-state index contributed by atoms with van der Waals surface area (Å²) in [5, 5.41) is 2.06. The fourth-order valence-corrected chi connectivity index (χ4v) is 4.08. The minimum atomic E-state index is -2.65. The molecule has 1 atom stereocenters. The van der Waals surface area contributed by atoms with Crippen LogP contribution in [-0.4, -0.2) is 12.1 Å². The maximum absolute atomic E-state index is 14.4. The number of alkyl halides is 2. The smallest absolute Gasteiger partial charge is 0.278 e. The minimum absolute atomic E-state index is 0.0574. The Morgan fingerprint density at radius 1 is 0.710 bits per heavy atom. The molecule has 152 valence electrons. The van der Waals surface area contributed by atoms with E-state index in [4.69, 9.17) is 4.99 Å². The van der Waals surface area contributed by atoms with Gasteiger partial charge in [-0.05, 0) is 34.5 Å². The van der Waals surface area contributed by atoms with Crippen LogP contribution in [0.2, 0.25) is 0 Å². The predicted molar refractivity (Wildman–Crippen MR) is 123 cm³/mol. The summed E-state index contributed by atoms with van der Waals surface area (Å²) in [7, 11) is 0. The lowest BCUT2D eigenvalue weighted by Gasteiger charge is -2.37. The number of anilines is 1. The molecule has 1 unspecified atom stereocenters. The number of halogens is 2. The van der Waals surface area contributed by atoms with Gasteiger partial charge in [0.2, 0.25) is 0 Å². The molecule has 1 heterocycles. The van der Waals surface area contributed by atoms with Crippen LogP contribution in [0.3, 0.4) is 0 Å². The van der Waals surface area contributed by atoms with Crippen LogP contribution in [0.5, 0.6) is 0 Å². The Labute approximate surface area is 179 Å². The number of aliphatic imine (C=N–C) groups is 1. The Balaban J connectivity index is 1.76. The highest BCUT2D eigenvalue weighted by atomic mass is 19.3. The van der Waals surface area contributed by atoms with Gasteiger partial charge in [-0.1, -0.05) is 91.0 Å². The third-order valence-corrected chi connectivity index (χ3v) is 5.50. The van der Waals surface area contributed by atoms with Crippen molar-refractivity contribution in [2.24, 2.45) is 4.99 Å². The van der Waals surface area contributed by atoms with Crippen LogP contribution in [0.25, 0.3) is 10.8 Å². The van der Waals surface area contributed by atoms with Gasteiger partial charge in [0.1, 0.15) is 0 Å². The molecular weight excluding hydrogens is 390 g/mol. The molecular formula is C27H20F2N2. The van der Waals surface area contributed by atoms with E-state index in [1.165, 1.54) is 6.08 Å². The molecule has 31 heavy (non-hydrogen) atoms. The zero-order chi connectivity index (χ0) is 21.2. The van der Waals surface area contributed by atoms with Crippen LogP contribution < -0.4 is 4.90 Å². The standard InChI is InChI=1S/C27H20F2N2/c28-26(29)25-18-24(20-11-3-1-4-12-20)30-27(31(25)21-14-5-2-6-15-21)23-17-9-13-19-10-7-8-16-22(19)23/h1-18,26-27H. The lowest BCUT2D eigenvalue weighted by atomic mass is 9.98. The first-order valence-electron chi connectivity index (χ1n) is 10.2. The number of para-hydroxylation sites is 1. The molecule has 0 spiro atoms. The third-order valence-electron chi connectivity index (χ3n) is 5.50. The third kappa shape index (κ3) is 3.61. The van der Waals surface area contributed by atoms with Crippen molar-refractivity contribution in [3.05, 3.63) is 126 Å². The molecule has 2 nitrogen and oxygen atoms in total. The van der Waals surface area contributed by atoms with Crippen molar-refractivity contribution < 1.29 is 8.78 Å². The lowest BCUT2D eigenvalue weighted by Crippen LogP contribution is -2.34. The Morgan fingerprint density at radius 3 is 2.10 bits per heavy atom. The van der Waals surface area contributed by atoms with E-state index in [0.29, 0.717) is 11.4 Å². The van der Waals surface area contributed by atoms with Crippen LogP contribution in [0.15, 0.2) is 120 Å². The topological polar surface area (TPSA) is 15.6 Å². The van der Waals surface area contributed by atoms with Crippen molar-refractivity contribution in [2.45, 2.75) is 12.6 Å². The fraction of sp³-hybridized carbons (Fsp3) is 0.0741. The Bertz CT molecular complexity index is 1260. The first kappa shape index (κ1) is 19.2. The molecule has 0 bridgehead atoms. The van der Waals surface area contributed by atoms with Gasteiger partial charge >= 0.3 is 0 Å². The van der Waals surface area contributed by atoms with Crippen LogP contribution >= 0.6 is 0 Å². The Hall–Kier alpha value is -3.79. The molecule has 1 aliphatic rings. The van der Waals surface area contributed by atoms with E-state index in [2.05, 4.69) is 0 Å². The van der Waals surface area contributed by atoms with Crippen molar-refractivity contribution in [1.29, 1.82) is 0 Å². The molecule has 1 aliphatic heterocycles. The summed E-state index contributed by atoms with van der Waals surface area (Å²) in [6.07, 6.45) is -1.75. The number of allylic oxidation sites excluding steroid dienone is 2. The van der Waals surface area contributed by atoms with Crippen LogP contribution in [-0.2, 0) is 0 Å². The first-order valence-corrected chi connectivity index (χ1v) is 10.2. The summed E-state index contributed by atoms with van der Waals surface area (Å²) < 4.78 is 28.8. The summed E-state index contributed by atoms with van der Waals surface area (Å²) in [5.74, 6) is 0. The SMILES string of the molecule is FC(F)C1=CC(c2ccccc2)=NC(c2cccc3ccccc23)N1c1ccccc1. The average molecular weight is 410 g/mol. The fourth-order valence-electron chi connectivity index (χ4n) is 4.08. The molecule has 4 aromatic rings. The summed E-state index contributed by atoms with van der Waals surface area (Å²) >= 11 is 0. The first-order chi connectivity index (χ1) is 15.2. The van der Waals surface area contributed by atoms with E-state index in [1.807, 2.05) is 103 Å². The quantitative estimate of drug-likeness (QED) is 0.354. The van der Waals surface area contributed by atoms with Crippen molar-refractivity contribution in [1.82, 2.24) is 0 Å². The molecule has 4 aromatic carbocycles. The zero-order valence-electron chi connectivity index (χ0n) is 16.7. The van der Waals surface area contributed by atoms with Gasteiger partial charge in [0.25, 0.3) is 6.43 Å². The van der Waals surface area contributed by atoms with Gasteiger partial charge in [0, 0.05) is 11.3 Å². The van der Waals surface area contributed by atoms with Gasteiger partial charge in [-0.3, -0.25) is 4.99 Å². The summed E-state index contributed by atoms with van der Waals surface area (Å²) in [6, 6.07) is 32.7. The molecule has 4 heteroatoms. The largest absolute Gasteiger partial charge is 0.313 e. The van der Waals surface area contributed by atoms with E-state index in [0.717, 1.165) is 21.9 Å². The van der Waals surface area contributed by atoms with Crippen molar-refractivity contribution in [3.63, 3.8) is 0 Å². The number of nitrogens with zero attached hydrogens (tertiary/aromatic N) is 2. The van der Waals surface area contributed by atoms with Gasteiger partial charge in [-0.2, -0.15) is 0 Å². The Morgan fingerprint density at radius 2 is 1.35 bits per heavy atom. The second-order valence-corrected chi connectivity index (χ2v) is 7.40. The maximum atomic E-state index is 14.4. The van der Waals surface area contributed by atoms with Crippen LogP contribution in [0, 0.1) is 0 Å².